The lowest BCUT2D eigenvalue weighted by Crippen LogP contribution is -2.14. The van der Waals surface area contributed by atoms with Crippen LogP contribution in [0.5, 0.6) is 11.5 Å². The molecule has 0 aliphatic rings. The van der Waals surface area contributed by atoms with E-state index in [0.717, 1.165) is 29.1 Å². The molecule has 26 heavy (non-hydrogen) atoms. The Hall–Kier alpha value is -2.34. The highest BCUT2D eigenvalue weighted by molar-refractivity contribution is 7.93. The van der Waals surface area contributed by atoms with Gasteiger partial charge < -0.3 is 9.64 Å². The lowest BCUT2D eigenvalue weighted by molar-refractivity contribution is 0.477. The van der Waals surface area contributed by atoms with E-state index in [1.165, 1.54) is 0 Å². The molecule has 0 amide bonds. The van der Waals surface area contributed by atoms with Crippen LogP contribution in [0.15, 0.2) is 50.6 Å². The zero-order valence-electron chi connectivity index (χ0n) is 16.3. The first-order valence-corrected chi connectivity index (χ1v) is 10.4. The lowest BCUT2D eigenvalue weighted by atomic mass is 10.1. The normalized spacial score (nSPS) is 13.5. The second-order valence-electron chi connectivity index (χ2n) is 6.28. The van der Waals surface area contributed by atoms with Gasteiger partial charge in [0.05, 0.1) is 26.7 Å². The summed E-state index contributed by atoms with van der Waals surface area (Å²) in [5.74, 6) is 1.41. The summed E-state index contributed by atoms with van der Waals surface area (Å²) in [4.78, 5) is 7.22. The molecule has 2 aromatic carbocycles. The van der Waals surface area contributed by atoms with Gasteiger partial charge in [-0.1, -0.05) is 6.07 Å². The summed E-state index contributed by atoms with van der Waals surface area (Å²) in [6, 6.07) is 11.3. The largest absolute Gasteiger partial charge is 0.457 e. The Balaban J connectivity index is 2.31. The van der Waals surface area contributed by atoms with E-state index in [0.29, 0.717) is 10.6 Å². The van der Waals surface area contributed by atoms with Crippen molar-refractivity contribution in [2.45, 2.75) is 25.7 Å². The molecular formula is C20H27N3O2S. The van der Waals surface area contributed by atoms with Gasteiger partial charge in [0.2, 0.25) is 0 Å². The van der Waals surface area contributed by atoms with Crippen molar-refractivity contribution >= 4 is 21.8 Å². The highest BCUT2D eigenvalue weighted by atomic mass is 32.2. The molecule has 0 aliphatic carbocycles. The van der Waals surface area contributed by atoms with Gasteiger partial charge >= 0.3 is 0 Å². The smallest absolute Gasteiger partial charge is 0.130 e. The monoisotopic (exact) mass is 373 g/mol. The zero-order chi connectivity index (χ0) is 19.3. The Morgan fingerprint density at radius 3 is 2.58 bits per heavy atom. The van der Waals surface area contributed by atoms with Crippen LogP contribution in [0.1, 0.15) is 18.1 Å². The average molecular weight is 374 g/mol. The summed E-state index contributed by atoms with van der Waals surface area (Å²) < 4.78 is 22.5. The highest BCUT2D eigenvalue weighted by Gasteiger charge is 2.09. The number of aryl methyl sites for hydroxylation is 2. The van der Waals surface area contributed by atoms with Crippen molar-refractivity contribution < 1.29 is 8.95 Å². The summed E-state index contributed by atoms with van der Waals surface area (Å²) in [5.41, 5.74) is 2.94. The van der Waals surface area contributed by atoms with Crippen LogP contribution in [0.3, 0.4) is 0 Å². The number of nitrogens with zero attached hydrogens (tertiary/aromatic N) is 3. The summed E-state index contributed by atoms with van der Waals surface area (Å²) >= 11 is 0. The number of hydrogen-bond donors (Lipinski definition) is 0. The van der Waals surface area contributed by atoms with Crippen LogP contribution in [0, 0.1) is 13.8 Å². The molecule has 1 atom stereocenters. The van der Waals surface area contributed by atoms with Crippen LogP contribution in [-0.2, 0) is 9.73 Å². The summed E-state index contributed by atoms with van der Waals surface area (Å²) in [6.07, 6.45) is 3.46. The van der Waals surface area contributed by atoms with Crippen molar-refractivity contribution in [1.29, 1.82) is 0 Å². The zero-order valence-corrected chi connectivity index (χ0v) is 17.1. The first-order valence-electron chi connectivity index (χ1n) is 8.50. The van der Waals surface area contributed by atoms with E-state index in [1.54, 1.807) is 19.4 Å². The second kappa shape index (κ2) is 8.36. The topological polar surface area (TPSA) is 54.3 Å². The molecule has 0 saturated heterocycles. The molecule has 0 fully saturated rings. The molecule has 0 saturated carbocycles. The number of ether oxygens (including phenoxy) is 1. The number of rotatable bonds is 6. The second-order valence-corrected chi connectivity index (χ2v) is 8.73. The molecule has 140 valence electrons. The van der Waals surface area contributed by atoms with Crippen LogP contribution in [-0.4, -0.2) is 42.3 Å². The quantitative estimate of drug-likeness (QED) is 0.540. The molecule has 0 radical (unpaired) electrons. The van der Waals surface area contributed by atoms with E-state index in [4.69, 9.17) is 4.74 Å². The van der Waals surface area contributed by atoms with Crippen molar-refractivity contribution in [2.24, 2.45) is 9.36 Å². The van der Waals surface area contributed by atoms with E-state index in [9.17, 15) is 4.21 Å². The summed E-state index contributed by atoms with van der Waals surface area (Å²) in [7, 11) is 1.17. The van der Waals surface area contributed by atoms with E-state index in [2.05, 4.69) is 16.3 Å². The number of aliphatic imine (C=N–C) groups is 1. The third-order valence-corrected chi connectivity index (χ3v) is 6.03. The molecule has 1 unspecified atom stereocenters. The van der Waals surface area contributed by atoms with Gasteiger partial charge in [0.1, 0.15) is 11.5 Å². The van der Waals surface area contributed by atoms with Gasteiger partial charge in [-0.2, -0.15) is 0 Å². The fourth-order valence-corrected chi connectivity index (χ4v) is 3.15. The molecule has 6 heteroatoms. The SMILES string of the molecule is CCN(C)/C=N/c1cc(C)c(Oc2cccc(S(C)(=O)=NC)c2)cc1C. The third-order valence-electron chi connectivity index (χ3n) is 4.21. The Morgan fingerprint density at radius 2 is 1.92 bits per heavy atom. The van der Waals surface area contributed by atoms with E-state index in [-0.39, 0.29) is 0 Å². The lowest BCUT2D eigenvalue weighted by Gasteiger charge is -2.13. The van der Waals surface area contributed by atoms with Crippen LogP contribution in [0.25, 0.3) is 0 Å². The van der Waals surface area contributed by atoms with Gasteiger partial charge in [-0.05, 0) is 62.2 Å². The maximum absolute atomic E-state index is 12.4. The van der Waals surface area contributed by atoms with Gasteiger partial charge in [0.15, 0.2) is 0 Å². The predicted molar refractivity (Wildman–Crippen MR) is 110 cm³/mol. The van der Waals surface area contributed by atoms with Crippen LogP contribution >= 0.6 is 0 Å². The molecule has 5 nitrogen and oxygen atoms in total. The van der Waals surface area contributed by atoms with Crippen molar-refractivity contribution in [3.63, 3.8) is 0 Å². The fourth-order valence-electron chi connectivity index (χ4n) is 2.27. The van der Waals surface area contributed by atoms with Crippen LogP contribution < -0.4 is 4.74 Å². The first kappa shape index (κ1) is 20.0. The molecule has 0 spiro atoms. The first-order chi connectivity index (χ1) is 12.3. The van der Waals surface area contributed by atoms with Crippen molar-refractivity contribution in [3.8, 4) is 11.5 Å². The maximum atomic E-state index is 12.4. The molecule has 0 aliphatic heterocycles. The van der Waals surface area contributed by atoms with Gasteiger partial charge in [0.25, 0.3) is 0 Å². The van der Waals surface area contributed by atoms with Crippen LogP contribution in [0.2, 0.25) is 0 Å². The number of benzene rings is 2. The van der Waals surface area contributed by atoms with Crippen LogP contribution in [0.4, 0.5) is 5.69 Å². The van der Waals surface area contributed by atoms with Gasteiger partial charge in [-0.15, -0.1) is 0 Å². The van der Waals surface area contributed by atoms with Crippen molar-refractivity contribution in [1.82, 2.24) is 4.90 Å². The Labute approximate surface area is 156 Å². The van der Waals surface area contributed by atoms with Gasteiger partial charge in [-0.3, -0.25) is 0 Å². The Bertz CT molecular complexity index is 929. The molecular weight excluding hydrogens is 346 g/mol. The molecule has 0 bridgehead atoms. The molecule has 0 heterocycles. The molecule has 0 N–H and O–H groups in total. The molecule has 2 aromatic rings. The van der Waals surface area contributed by atoms with Gasteiger partial charge in [-0.25, -0.2) is 13.6 Å². The van der Waals surface area contributed by atoms with E-state index >= 15 is 0 Å². The summed E-state index contributed by atoms with van der Waals surface area (Å²) in [5, 5.41) is 0. The minimum Gasteiger partial charge on any atom is -0.457 e. The maximum Gasteiger partial charge on any atom is 0.130 e. The Kier molecular flexibility index (Phi) is 6.42. The fraction of sp³-hybridized carbons (Fsp3) is 0.350. The Morgan fingerprint density at radius 1 is 1.19 bits per heavy atom. The predicted octanol–water partition coefficient (Wildman–Crippen LogP) is 4.79. The van der Waals surface area contributed by atoms with Crippen molar-refractivity contribution in [3.05, 3.63) is 47.5 Å². The molecule has 0 aromatic heterocycles. The van der Waals surface area contributed by atoms with E-state index in [1.807, 2.05) is 62.5 Å². The standard InChI is InChI=1S/C20H27N3O2S/c1-7-23(5)14-22-19-11-16(3)20(12-15(19)2)25-17-9-8-10-18(13-17)26(6,24)21-4/h8-14H,7H2,1-6H3/b22-14+. The van der Waals surface area contributed by atoms with E-state index < -0.39 is 9.73 Å². The summed E-state index contributed by atoms with van der Waals surface area (Å²) in [6.45, 7) is 6.99. The average Bonchev–Trinajstić information content (AvgIpc) is 2.63. The molecule has 2 rings (SSSR count). The minimum absolute atomic E-state index is 0.644. The van der Waals surface area contributed by atoms with Gasteiger partial charge in [0, 0.05) is 26.9 Å². The van der Waals surface area contributed by atoms with Crippen molar-refractivity contribution in [2.75, 3.05) is 26.9 Å². The third kappa shape index (κ3) is 4.85. The number of hydrogen-bond acceptors (Lipinski definition) is 4. The highest BCUT2D eigenvalue weighted by Crippen LogP contribution is 2.32. The minimum atomic E-state index is -2.38.